The topological polar surface area (TPSA) is 108 Å². The second-order valence-corrected chi connectivity index (χ2v) is 11.8. The monoisotopic (exact) mass is 489 g/mol. The highest BCUT2D eigenvalue weighted by molar-refractivity contribution is 7.94. The fourth-order valence-corrected chi connectivity index (χ4v) is 5.89. The smallest absolute Gasteiger partial charge is 0.321 e. The van der Waals surface area contributed by atoms with Gasteiger partial charge in [0.1, 0.15) is 5.75 Å². The molecule has 2 heterocycles. The molecule has 2 aromatic carbocycles. The highest BCUT2D eigenvalue weighted by Gasteiger charge is 2.50. The molecule has 35 heavy (non-hydrogen) atoms. The Morgan fingerprint density at radius 2 is 1.83 bits per heavy atom. The van der Waals surface area contributed by atoms with Crippen LogP contribution in [0.4, 0.5) is 11.4 Å². The number of ether oxygens (including phenoxy) is 1. The standard InChI is InChI=1S/C26H27N5O3S/c1-17(2)31-23-15-20(34-25-28-13-4-14-29-25)9-10-21(23)22(16-27)24(31)18-5-7-19(8-6-18)30-35(32,33)26(3)11-12-26/h4-10,13-15,17,22,24,30H,11-12H2,1-3H3. The molecule has 2 atom stereocenters. The molecule has 5 rings (SSSR count). The van der Waals surface area contributed by atoms with Crippen LogP contribution in [0.2, 0.25) is 0 Å². The summed E-state index contributed by atoms with van der Waals surface area (Å²) in [5, 5.41) is 10.1. The lowest BCUT2D eigenvalue weighted by molar-refractivity contribution is 0.441. The Labute approximate surface area is 205 Å². The van der Waals surface area contributed by atoms with Gasteiger partial charge >= 0.3 is 6.01 Å². The number of hydrogen-bond donors (Lipinski definition) is 1. The zero-order valence-corrected chi connectivity index (χ0v) is 20.7. The molecular weight excluding hydrogens is 462 g/mol. The average molecular weight is 490 g/mol. The highest BCUT2D eigenvalue weighted by Crippen LogP contribution is 2.51. The second kappa shape index (κ2) is 8.54. The summed E-state index contributed by atoms with van der Waals surface area (Å²) in [5.74, 6) is 0.207. The van der Waals surface area contributed by atoms with E-state index in [1.807, 2.05) is 30.3 Å². The molecule has 0 saturated heterocycles. The van der Waals surface area contributed by atoms with Gasteiger partial charge in [0.15, 0.2) is 0 Å². The maximum Gasteiger partial charge on any atom is 0.321 e. The Kier molecular flexibility index (Phi) is 5.64. The summed E-state index contributed by atoms with van der Waals surface area (Å²) in [6.07, 6.45) is 4.59. The summed E-state index contributed by atoms with van der Waals surface area (Å²) >= 11 is 0. The van der Waals surface area contributed by atoms with E-state index in [4.69, 9.17) is 4.74 Å². The van der Waals surface area contributed by atoms with Gasteiger partial charge in [0.2, 0.25) is 10.0 Å². The normalized spacial score (nSPS) is 20.3. The van der Waals surface area contributed by atoms with Crippen molar-refractivity contribution in [2.24, 2.45) is 0 Å². The predicted molar refractivity (Wildman–Crippen MR) is 134 cm³/mol. The van der Waals surface area contributed by atoms with E-state index < -0.39 is 14.8 Å². The molecule has 1 aliphatic heterocycles. The van der Waals surface area contributed by atoms with Crippen LogP contribution in [0.1, 0.15) is 56.7 Å². The van der Waals surface area contributed by atoms with E-state index in [1.54, 1.807) is 37.5 Å². The minimum Gasteiger partial charge on any atom is -0.424 e. The third-order valence-corrected chi connectivity index (χ3v) is 8.99. The second-order valence-electron chi connectivity index (χ2n) is 9.58. The zero-order chi connectivity index (χ0) is 24.8. The van der Waals surface area contributed by atoms with Crippen molar-refractivity contribution in [3.05, 3.63) is 72.1 Å². The zero-order valence-electron chi connectivity index (χ0n) is 19.8. The molecule has 0 amide bonds. The lowest BCUT2D eigenvalue weighted by atomic mass is 9.91. The molecule has 1 aromatic heterocycles. The summed E-state index contributed by atoms with van der Waals surface area (Å²) in [6.45, 7) is 5.94. The number of hydrogen-bond acceptors (Lipinski definition) is 7. The number of nitrogens with one attached hydrogen (secondary N) is 1. The first-order valence-electron chi connectivity index (χ1n) is 11.6. The first-order valence-corrected chi connectivity index (χ1v) is 13.1. The molecule has 8 nitrogen and oxygen atoms in total. The Bertz CT molecular complexity index is 1380. The fraction of sp³-hybridized carbons (Fsp3) is 0.346. The molecule has 180 valence electrons. The van der Waals surface area contributed by atoms with Crippen molar-refractivity contribution in [2.75, 3.05) is 9.62 Å². The van der Waals surface area contributed by atoms with Crippen LogP contribution in [-0.2, 0) is 10.0 Å². The van der Waals surface area contributed by atoms with Crippen LogP contribution < -0.4 is 14.4 Å². The van der Waals surface area contributed by atoms with Crippen LogP contribution in [0, 0.1) is 11.3 Å². The lowest BCUT2D eigenvalue weighted by Gasteiger charge is -2.33. The third kappa shape index (κ3) is 4.19. The van der Waals surface area contributed by atoms with Gasteiger partial charge in [-0.1, -0.05) is 18.2 Å². The number of rotatable bonds is 7. The van der Waals surface area contributed by atoms with E-state index in [0.29, 0.717) is 24.3 Å². The van der Waals surface area contributed by atoms with E-state index in [2.05, 4.69) is 39.5 Å². The van der Waals surface area contributed by atoms with Gasteiger partial charge in [-0.25, -0.2) is 18.4 Å². The van der Waals surface area contributed by atoms with Gasteiger partial charge in [0.25, 0.3) is 0 Å². The van der Waals surface area contributed by atoms with Crippen LogP contribution in [0.3, 0.4) is 0 Å². The number of benzene rings is 2. The number of nitrogens with zero attached hydrogens (tertiary/aromatic N) is 4. The largest absolute Gasteiger partial charge is 0.424 e. The minimum atomic E-state index is -3.42. The van der Waals surface area contributed by atoms with Gasteiger partial charge in [0.05, 0.1) is 22.8 Å². The Morgan fingerprint density at radius 3 is 2.43 bits per heavy atom. The third-order valence-electron chi connectivity index (χ3n) is 6.78. The lowest BCUT2D eigenvalue weighted by Crippen LogP contribution is -2.33. The highest BCUT2D eigenvalue weighted by atomic mass is 32.2. The maximum atomic E-state index is 12.6. The summed E-state index contributed by atoms with van der Waals surface area (Å²) in [4.78, 5) is 10.5. The van der Waals surface area contributed by atoms with Gasteiger partial charge in [-0.15, -0.1) is 0 Å². The molecule has 1 saturated carbocycles. The average Bonchev–Trinajstić information content (AvgIpc) is 3.51. The minimum absolute atomic E-state index is 0.105. The molecule has 0 bridgehead atoms. The summed E-state index contributed by atoms with van der Waals surface area (Å²) in [6, 6.07) is 17.4. The molecule has 1 fully saturated rings. The number of sulfonamides is 1. The quantitative estimate of drug-likeness (QED) is 0.489. The van der Waals surface area contributed by atoms with Crippen LogP contribution in [0.25, 0.3) is 0 Å². The van der Waals surface area contributed by atoms with Crippen molar-refractivity contribution in [1.82, 2.24) is 9.97 Å². The van der Waals surface area contributed by atoms with E-state index in [-0.39, 0.29) is 24.0 Å². The summed E-state index contributed by atoms with van der Waals surface area (Å²) in [5.41, 5.74) is 3.33. The molecule has 2 unspecified atom stereocenters. The Morgan fingerprint density at radius 1 is 1.14 bits per heavy atom. The molecular formula is C26H27N5O3S. The first-order chi connectivity index (χ1) is 16.7. The van der Waals surface area contributed by atoms with Gasteiger partial charge in [0, 0.05) is 35.9 Å². The van der Waals surface area contributed by atoms with E-state index in [9.17, 15) is 13.7 Å². The van der Waals surface area contributed by atoms with Crippen molar-refractivity contribution in [1.29, 1.82) is 5.26 Å². The van der Waals surface area contributed by atoms with Gasteiger partial charge in [-0.3, -0.25) is 4.72 Å². The Hall–Kier alpha value is -3.64. The molecule has 1 N–H and O–H groups in total. The Balaban J connectivity index is 1.45. The van der Waals surface area contributed by atoms with Crippen molar-refractivity contribution >= 4 is 21.4 Å². The summed E-state index contributed by atoms with van der Waals surface area (Å²) < 4.78 is 33.1. The van der Waals surface area contributed by atoms with Gasteiger partial charge in [-0.05, 0) is 69.0 Å². The van der Waals surface area contributed by atoms with E-state index in [0.717, 1.165) is 16.8 Å². The van der Waals surface area contributed by atoms with Crippen molar-refractivity contribution in [3.63, 3.8) is 0 Å². The van der Waals surface area contributed by atoms with Gasteiger partial charge < -0.3 is 9.64 Å². The predicted octanol–water partition coefficient (Wildman–Crippen LogP) is 5.14. The first kappa shape index (κ1) is 23.1. The van der Waals surface area contributed by atoms with E-state index in [1.165, 1.54) is 0 Å². The summed E-state index contributed by atoms with van der Waals surface area (Å²) in [7, 11) is -3.42. The van der Waals surface area contributed by atoms with Crippen molar-refractivity contribution in [3.8, 4) is 17.8 Å². The van der Waals surface area contributed by atoms with Crippen molar-refractivity contribution in [2.45, 2.75) is 56.4 Å². The molecule has 9 heteroatoms. The molecule has 2 aliphatic rings. The SMILES string of the molecule is CC(C)N1c2cc(Oc3ncccn3)ccc2C(C#N)C1c1ccc(NS(=O)(=O)C2(C)CC2)cc1. The molecule has 3 aromatic rings. The van der Waals surface area contributed by atoms with Gasteiger partial charge in [-0.2, -0.15) is 5.26 Å². The van der Waals surface area contributed by atoms with Crippen LogP contribution in [0.5, 0.6) is 11.8 Å². The van der Waals surface area contributed by atoms with E-state index >= 15 is 0 Å². The number of aromatic nitrogens is 2. The maximum absolute atomic E-state index is 12.6. The van der Waals surface area contributed by atoms with Crippen LogP contribution in [-0.4, -0.2) is 29.2 Å². The van der Waals surface area contributed by atoms with Crippen molar-refractivity contribution < 1.29 is 13.2 Å². The number of fused-ring (bicyclic) bond motifs is 1. The molecule has 1 aliphatic carbocycles. The number of nitriles is 1. The fourth-order valence-electron chi connectivity index (χ4n) is 4.56. The number of anilines is 2. The van der Waals surface area contributed by atoms with Crippen LogP contribution >= 0.6 is 0 Å². The van der Waals surface area contributed by atoms with Crippen LogP contribution in [0.15, 0.2) is 60.9 Å². The molecule has 0 spiro atoms. The molecule has 0 radical (unpaired) electrons.